The number of alkyl halides is 2. The van der Waals surface area contributed by atoms with Crippen molar-refractivity contribution in [2.24, 2.45) is 0 Å². The first-order valence-electron chi connectivity index (χ1n) is 4.63. The molecule has 3 nitrogen and oxygen atoms in total. The molecule has 0 fully saturated rings. The van der Waals surface area contributed by atoms with Crippen LogP contribution < -0.4 is 4.74 Å². The maximum atomic E-state index is 12.6. The van der Waals surface area contributed by atoms with Crippen LogP contribution in [0.15, 0.2) is 12.1 Å². The molecule has 0 aliphatic rings. The molecule has 5 heteroatoms. The molecule has 1 rings (SSSR count). The van der Waals surface area contributed by atoms with Crippen LogP contribution in [0.1, 0.15) is 39.6 Å². The van der Waals surface area contributed by atoms with Crippen LogP contribution in [0.5, 0.6) is 5.75 Å². The first kappa shape index (κ1) is 12.3. The molecule has 1 aromatic rings. The Hall–Kier alpha value is -1.78. The lowest BCUT2D eigenvalue weighted by Crippen LogP contribution is -2.01. The van der Waals surface area contributed by atoms with Gasteiger partial charge in [0.25, 0.3) is 6.43 Å². The quantitative estimate of drug-likeness (QED) is 0.727. The van der Waals surface area contributed by atoms with Crippen molar-refractivity contribution < 1.29 is 23.1 Å². The van der Waals surface area contributed by atoms with Gasteiger partial charge in [-0.1, -0.05) is 0 Å². The number of carbonyl (C=O) groups is 2. The SMILES string of the molecule is CCOc1cc(C(F)F)c(C=O)cc1C=O. The molecule has 0 N–H and O–H groups in total. The standard InChI is InChI=1S/C11H10F2O3/c1-2-16-10-4-9(11(12)13)7(5-14)3-8(10)6-15/h3-6,11H,2H2,1H3. The van der Waals surface area contributed by atoms with Gasteiger partial charge >= 0.3 is 0 Å². The van der Waals surface area contributed by atoms with E-state index in [9.17, 15) is 18.4 Å². The Morgan fingerprint density at radius 2 is 1.88 bits per heavy atom. The van der Waals surface area contributed by atoms with Gasteiger partial charge in [0.05, 0.1) is 12.2 Å². The van der Waals surface area contributed by atoms with Gasteiger partial charge in [-0.2, -0.15) is 0 Å². The average molecular weight is 228 g/mol. The fraction of sp³-hybridized carbons (Fsp3) is 0.273. The number of hydrogen-bond acceptors (Lipinski definition) is 3. The van der Waals surface area contributed by atoms with Crippen molar-refractivity contribution in [3.63, 3.8) is 0 Å². The molecule has 0 atom stereocenters. The largest absolute Gasteiger partial charge is 0.493 e. The molecule has 1 aromatic carbocycles. The van der Waals surface area contributed by atoms with E-state index >= 15 is 0 Å². The Kier molecular flexibility index (Phi) is 4.10. The minimum Gasteiger partial charge on any atom is -0.493 e. The van der Waals surface area contributed by atoms with E-state index in [1.54, 1.807) is 6.92 Å². The number of rotatable bonds is 5. The number of benzene rings is 1. The molecule has 16 heavy (non-hydrogen) atoms. The molecule has 0 spiro atoms. The summed E-state index contributed by atoms with van der Waals surface area (Å²) in [6.07, 6.45) is -2.02. The Labute approximate surface area is 91.0 Å². The van der Waals surface area contributed by atoms with Gasteiger partial charge in [0.1, 0.15) is 5.75 Å². The van der Waals surface area contributed by atoms with Gasteiger partial charge in [-0.3, -0.25) is 9.59 Å². The summed E-state index contributed by atoms with van der Waals surface area (Å²) in [4.78, 5) is 21.2. The van der Waals surface area contributed by atoms with E-state index in [-0.39, 0.29) is 23.5 Å². The lowest BCUT2D eigenvalue weighted by atomic mass is 10.0. The predicted molar refractivity (Wildman–Crippen MR) is 53.3 cm³/mol. The molecule has 0 saturated heterocycles. The summed E-state index contributed by atoms with van der Waals surface area (Å²) in [7, 11) is 0. The number of hydrogen-bond donors (Lipinski definition) is 0. The van der Waals surface area contributed by atoms with Crippen molar-refractivity contribution in [2.45, 2.75) is 13.3 Å². The van der Waals surface area contributed by atoms with Gasteiger partial charge in [0.15, 0.2) is 12.6 Å². The second kappa shape index (κ2) is 5.34. The van der Waals surface area contributed by atoms with Crippen LogP contribution in [0.25, 0.3) is 0 Å². The summed E-state index contributed by atoms with van der Waals surface area (Å²) in [6, 6.07) is 2.13. The zero-order valence-corrected chi connectivity index (χ0v) is 8.57. The Bertz CT molecular complexity index is 402. The van der Waals surface area contributed by atoms with Crippen LogP contribution in [-0.4, -0.2) is 19.2 Å². The van der Waals surface area contributed by atoms with E-state index in [4.69, 9.17) is 4.74 Å². The minimum absolute atomic E-state index is 0.0680. The van der Waals surface area contributed by atoms with Crippen LogP contribution in [0.4, 0.5) is 8.78 Å². The van der Waals surface area contributed by atoms with Crippen molar-refractivity contribution >= 4 is 12.6 Å². The van der Waals surface area contributed by atoms with Crippen molar-refractivity contribution in [3.05, 3.63) is 28.8 Å². The Morgan fingerprint density at radius 3 is 2.31 bits per heavy atom. The highest BCUT2D eigenvalue weighted by Gasteiger charge is 2.16. The molecular formula is C11H10F2O3. The third-order valence-corrected chi connectivity index (χ3v) is 2.00. The summed E-state index contributed by atoms with van der Waals surface area (Å²) < 4.78 is 30.2. The zero-order chi connectivity index (χ0) is 12.1. The fourth-order valence-corrected chi connectivity index (χ4v) is 1.29. The number of halogens is 2. The fourth-order valence-electron chi connectivity index (χ4n) is 1.29. The monoisotopic (exact) mass is 228 g/mol. The maximum Gasteiger partial charge on any atom is 0.264 e. The van der Waals surface area contributed by atoms with Gasteiger partial charge in [-0.25, -0.2) is 8.78 Å². The predicted octanol–water partition coefficient (Wildman–Crippen LogP) is 2.65. The molecule has 0 saturated carbocycles. The Morgan fingerprint density at radius 1 is 1.25 bits per heavy atom. The normalized spacial score (nSPS) is 10.2. The van der Waals surface area contributed by atoms with Crippen molar-refractivity contribution in [1.29, 1.82) is 0 Å². The van der Waals surface area contributed by atoms with E-state index in [0.29, 0.717) is 12.6 Å². The minimum atomic E-state index is -2.78. The van der Waals surface area contributed by atoms with E-state index in [1.165, 1.54) is 0 Å². The topological polar surface area (TPSA) is 43.4 Å². The number of carbonyl (C=O) groups excluding carboxylic acids is 2. The van der Waals surface area contributed by atoms with Gasteiger partial charge < -0.3 is 4.74 Å². The first-order chi connectivity index (χ1) is 7.63. The van der Waals surface area contributed by atoms with E-state index in [2.05, 4.69) is 0 Å². The molecule has 86 valence electrons. The van der Waals surface area contributed by atoms with Gasteiger partial charge in [-0.15, -0.1) is 0 Å². The highest BCUT2D eigenvalue weighted by Crippen LogP contribution is 2.29. The Balaban J connectivity index is 3.34. The zero-order valence-electron chi connectivity index (χ0n) is 8.57. The first-order valence-corrected chi connectivity index (χ1v) is 4.63. The third kappa shape index (κ3) is 2.42. The molecule has 0 aromatic heterocycles. The maximum absolute atomic E-state index is 12.6. The smallest absolute Gasteiger partial charge is 0.264 e. The van der Waals surface area contributed by atoms with Crippen molar-refractivity contribution in [2.75, 3.05) is 6.61 Å². The van der Waals surface area contributed by atoms with E-state index in [0.717, 1.165) is 12.1 Å². The molecular weight excluding hydrogens is 218 g/mol. The average Bonchev–Trinajstić information content (AvgIpc) is 2.28. The summed E-state index contributed by atoms with van der Waals surface area (Å²) in [5.41, 5.74) is -0.530. The molecule has 0 radical (unpaired) electrons. The third-order valence-electron chi connectivity index (χ3n) is 2.00. The molecule has 0 aliphatic heterocycles. The van der Waals surface area contributed by atoms with Crippen LogP contribution >= 0.6 is 0 Å². The van der Waals surface area contributed by atoms with Gasteiger partial charge in [-0.05, 0) is 19.1 Å². The molecule has 0 unspecified atom stereocenters. The van der Waals surface area contributed by atoms with Gasteiger partial charge in [0.2, 0.25) is 0 Å². The number of aldehydes is 2. The van der Waals surface area contributed by atoms with Gasteiger partial charge in [0, 0.05) is 11.1 Å². The van der Waals surface area contributed by atoms with Crippen molar-refractivity contribution in [1.82, 2.24) is 0 Å². The van der Waals surface area contributed by atoms with Crippen LogP contribution in [0.3, 0.4) is 0 Å². The van der Waals surface area contributed by atoms with Crippen molar-refractivity contribution in [3.8, 4) is 5.75 Å². The molecule has 0 amide bonds. The van der Waals surface area contributed by atoms with Crippen LogP contribution in [0, 0.1) is 0 Å². The summed E-state index contributed by atoms with van der Waals surface area (Å²) >= 11 is 0. The molecule has 0 heterocycles. The second-order valence-corrected chi connectivity index (χ2v) is 2.99. The van der Waals surface area contributed by atoms with E-state index < -0.39 is 12.0 Å². The summed E-state index contributed by atoms with van der Waals surface area (Å²) in [5, 5.41) is 0. The highest BCUT2D eigenvalue weighted by molar-refractivity contribution is 5.86. The second-order valence-electron chi connectivity index (χ2n) is 2.99. The van der Waals surface area contributed by atoms with Crippen LogP contribution in [-0.2, 0) is 0 Å². The summed E-state index contributed by atoms with van der Waals surface area (Å²) in [6.45, 7) is 1.92. The molecule has 0 aliphatic carbocycles. The van der Waals surface area contributed by atoms with Crippen LogP contribution in [0.2, 0.25) is 0 Å². The van der Waals surface area contributed by atoms with E-state index in [1.807, 2.05) is 0 Å². The highest BCUT2D eigenvalue weighted by atomic mass is 19.3. The molecule has 0 bridgehead atoms. The number of ether oxygens (including phenoxy) is 1. The lowest BCUT2D eigenvalue weighted by Gasteiger charge is -2.10. The summed E-state index contributed by atoms with van der Waals surface area (Å²) in [5.74, 6) is 0.0680. The lowest BCUT2D eigenvalue weighted by molar-refractivity contribution is 0.110.